The molecule has 0 heterocycles. The van der Waals surface area contributed by atoms with Crippen LogP contribution in [0.5, 0.6) is 0 Å². The monoisotopic (exact) mass is 313 g/mol. The lowest BCUT2D eigenvalue weighted by atomic mass is 10.1. The third-order valence-electron chi connectivity index (χ3n) is 2.66. The molecule has 2 aromatic carbocycles. The second kappa shape index (κ2) is 6.11. The van der Waals surface area contributed by atoms with Crippen LogP contribution in [0.4, 0.5) is 10.1 Å². The molecule has 0 fully saturated rings. The molecule has 0 saturated carbocycles. The molecule has 2 rings (SSSR count). The van der Waals surface area contributed by atoms with E-state index in [0.717, 1.165) is 6.07 Å². The highest BCUT2D eigenvalue weighted by atomic mass is 35.5. The van der Waals surface area contributed by atoms with Crippen molar-refractivity contribution in [2.75, 3.05) is 5.32 Å². The Morgan fingerprint density at radius 1 is 1.20 bits per heavy atom. The molecular formula is C14H10Cl2FNO2. The van der Waals surface area contributed by atoms with Crippen LogP contribution in [0, 0.1) is 5.82 Å². The van der Waals surface area contributed by atoms with Crippen LogP contribution >= 0.6 is 23.2 Å². The molecule has 6 heteroatoms. The summed E-state index contributed by atoms with van der Waals surface area (Å²) in [6.07, 6.45) is 0. The van der Waals surface area contributed by atoms with Gasteiger partial charge >= 0.3 is 5.97 Å². The molecule has 0 amide bonds. The summed E-state index contributed by atoms with van der Waals surface area (Å²) in [5.74, 6) is -1.80. The fourth-order valence-corrected chi connectivity index (χ4v) is 2.03. The Morgan fingerprint density at radius 3 is 2.55 bits per heavy atom. The van der Waals surface area contributed by atoms with Gasteiger partial charge in [0.1, 0.15) is 5.82 Å². The highest BCUT2D eigenvalue weighted by Gasteiger charge is 2.20. The average Bonchev–Trinajstić information content (AvgIpc) is 2.39. The third kappa shape index (κ3) is 3.40. The number of hydrogen-bond donors (Lipinski definition) is 2. The first-order chi connectivity index (χ1) is 9.47. The second-order valence-corrected chi connectivity index (χ2v) is 4.94. The van der Waals surface area contributed by atoms with Crippen LogP contribution in [-0.2, 0) is 4.79 Å². The van der Waals surface area contributed by atoms with Crippen molar-refractivity contribution in [3.8, 4) is 0 Å². The molecule has 0 bridgehead atoms. The molecule has 0 aliphatic heterocycles. The van der Waals surface area contributed by atoms with Crippen molar-refractivity contribution >= 4 is 34.9 Å². The van der Waals surface area contributed by atoms with E-state index in [1.807, 2.05) is 0 Å². The number of rotatable bonds is 4. The number of halogens is 3. The van der Waals surface area contributed by atoms with Crippen molar-refractivity contribution in [3.05, 3.63) is 63.9 Å². The summed E-state index contributed by atoms with van der Waals surface area (Å²) in [6.45, 7) is 0. The number of anilines is 1. The first-order valence-electron chi connectivity index (χ1n) is 5.67. The zero-order valence-corrected chi connectivity index (χ0v) is 11.6. The maximum absolute atomic E-state index is 13.4. The van der Waals surface area contributed by atoms with E-state index in [9.17, 15) is 14.3 Å². The van der Waals surface area contributed by atoms with Gasteiger partial charge in [-0.25, -0.2) is 9.18 Å². The maximum Gasteiger partial charge on any atom is 0.330 e. The lowest BCUT2D eigenvalue weighted by Crippen LogP contribution is -2.20. The molecule has 0 saturated heterocycles. The summed E-state index contributed by atoms with van der Waals surface area (Å²) in [5.41, 5.74) is 0.791. The molecule has 0 aromatic heterocycles. The van der Waals surface area contributed by atoms with E-state index < -0.39 is 17.8 Å². The first kappa shape index (κ1) is 14.6. The number of carbonyl (C=O) groups is 1. The third-order valence-corrected chi connectivity index (χ3v) is 3.20. The summed E-state index contributed by atoms with van der Waals surface area (Å²) in [4.78, 5) is 11.3. The van der Waals surface area contributed by atoms with Gasteiger partial charge in [0.15, 0.2) is 6.04 Å². The Labute approximate surface area is 124 Å². The van der Waals surface area contributed by atoms with Crippen molar-refractivity contribution in [1.29, 1.82) is 0 Å². The second-order valence-electron chi connectivity index (χ2n) is 4.10. The van der Waals surface area contributed by atoms with E-state index in [1.165, 1.54) is 12.1 Å². The molecule has 0 radical (unpaired) electrons. The minimum Gasteiger partial charge on any atom is -0.479 e. The number of benzene rings is 2. The number of aliphatic carboxylic acids is 1. The normalized spacial score (nSPS) is 11.9. The van der Waals surface area contributed by atoms with Gasteiger partial charge in [0.2, 0.25) is 0 Å². The maximum atomic E-state index is 13.4. The van der Waals surface area contributed by atoms with Crippen molar-refractivity contribution in [1.82, 2.24) is 0 Å². The predicted molar refractivity (Wildman–Crippen MR) is 76.9 cm³/mol. The van der Waals surface area contributed by atoms with Crippen LogP contribution in [0.25, 0.3) is 0 Å². The van der Waals surface area contributed by atoms with Gasteiger partial charge in [0.25, 0.3) is 0 Å². The topological polar surface area (TPSA) is 49.3 Å². The summed E-state index contributed by atoms with van der Waals surface area (Å²) >= 11 is 11.4. The van der Waals surface area contributed by atoms with E-state index in [2.05, 4.69) is 5.32 Å². The summed E-state index contributed by atoms with van der Waals surface area (Å²) in [5, 5.41) is 12.5. The van der Waals surface area contributed by atoms with Gasteiger partial charge < -0.3 is 10.4 Å². The molecular weight excluding hydrogens is 304 g/mol. The SMILES string of the molecule is O=C(O)C(Nc1cccc(Cl)c1)c1ccc(Cl)c(F)c1. The summed E-state index contributed by atoms with van der Waals surface area (Å²) in [6, 6.07) is 9.40. The average molecular weight is 314 g/mol. The highest BCUT2D eigenvalue weighted by Crippen LogP contribution is 2.25. The Bertz CT molecular complexity index is 649. The van der Waals surface area contributed by atoms with Crippen molar-refractivity contribution in [3.63, 3.8) is 0 Å². The van der Waals surface area contributed by atoms with Crippen molar-refractivity contribution in [2.24, 2.45) is 0 Å². The van der Waals surface area contributed by atoms with Crippen LogP contribution < -0.4 is 5.32 Å². The van der Waals surface area contributed by atoms with Crippen molar-refractivity contribution < 1.29 is 14.3 Å². The number of nitrogens with one attached hydrogen (secondary N) is 1. The van der Waals surface area contributed by atoms with E-state index in [0.29, 0.717) is 10.7 Å². The number of carboxylic acids is 1. The van der Waals surface area contributed by atoms with E-state index in [4.69, 9.17) is 23.2 Å². The minimum atomic E-state index is -1.13. The Morgan fingerprint density at radius 2 is 1.95 bits per heavy atom. The van der Waals surface area contributed by atoms with Gasteiger partial charge in [-0.05, 0) is 35.9 Å². The minimum absolute atomic E-state index is 0.0550. The van der Waals surface area contributed by atoms with Crippen LogP contribution in [0.1, 0.15) is 11.6 Å². The van der Waals surface area contributed by atoms with E-state index in [-0.39, 0.29) is 10.6 Å². The number of hydrogen-bond acceptors (Lipinski definition) is 2. The molecule has 0 aliphatic rings. The molecule has 3 nitrogen and oxygen atoms in total. The van der Waals surface area contributed by atoms with Crippen molar-refractivity contribution in [2.45, 2.75) is 6.04 Å². The highest BCUT2D eigenvalue weighted by molar-refractivity contribution is 6.31. The quantitative estimate of drug-likeness (QED) is 0.881. The zero-order valence-electron chi connectivity index (χ0n) is 10.1. The first-order valence-corrected chi connectivity index (χ1v) is 6.43. The van der Waals surface area contributed by atoms with Crippen LogP contribution in [0.2, 0.25) is 10.0 Å². The fraction of sp³-hybridized carbons (Fsp3) is 0.0714. The zero-order chi connectivity index (χ0) is 14.7. The van der Waals surface area contributed by atoms with Gasteiger partial charge in [-0.1, -0.05) is 35.3 Å². The van der Waals surface area contributed by atoms with E-state index >= 15 is 0 Å². The Hall–Kier alpha value is -1.78. The smallest absolute Gasteiger partial charge is 0.330 e. The molecule has 1 atom stereocenters. The fourth-order valence-electron chi connectivity index (χ4n) is 1.72. The van der Waals surface area contributed by atoms with Gasteiger partial charge in [0.05, 0.1) is 5.02 Å². The van der Waals surface area contributed by atoms with Gasteiger partial charge in [0, 0.05) is 10.7 Å². The molecule has 104 valence electrons. The van der Waals surface area contributed by atoms with Gasteiger partial charge in [-0.2, -0.15) is 0 Å². The molecule has 0 spiro atoms. The molecule has 2 aromatic rings. The van der Waals surface area contributed by atoms with Crippen LogP contribution in [-0.4, -0.2) is 11.1 Å². The van der Waals surface area contributed by atoms with Crippen LogP contribution in [0.15, 0.2) is 42.5 Å². The Balaban J connectivity index is 2.32. The predicted octanol–water partition coefficient (Wildman–Crippen LogP) is 4.37. The van der Waals surface area contributed by atoms with Crippen LogP contribution in [0.3, 0.4) is 0 Å². The lowest BCUT2D eigenvalue weighted by molar-refractivity contribution is -0.138. The lowest BCUT2D eigenvalue weighted by Gasteiger charge is -2.16. The molecule has 1 unspecified atom stereocenters. The van der Waals surface area contributed by atoms with Gasteiger partial charge in [-0.3, -0.25) is 0 Å². The largest absolute Gasteiger partial charge is 0.479 e. The summed E-state index contributed by atoms with van der Waals surface area (Å²) in [7, 11) is 0. The molecule has 2 N–H and O–H groups in total. The van der Waals surface area contributed by atoms with Gasteiger partial charge in [-0.15, -0.1) is 0 Å². The number of carboxylic acid groups (broad SMARTS) is 1. The molecule has 20 heavy (non-hydrogen) atoms. The van der Waals surface area contributed by atoms with E-state index in [1.54, 1.807) is 24.3 Å². The summed E-state index contributed by atoms with van der Waals surface area (Å²) < 4.78 is 13.4. The molecule has 0 aliphatic carbocycles. The standard InChI is InChI=1S/C14H10Cl2FNO2/c15-9-2-1-3-10(7-9)18-13(14(19)20)8-4-5-11(16)12(17)6-8/h1-7,13,18H,(H,19,20). The Kier molecular flexibility index (Phi) is 4.47.